The third-order valence-electron chi connectivity index (χ3n) is 3.21. The number of halogens is 1. The van der Waals surface area contributed by atoms with Crippen LogP contribution in [-0.4, -0.2) is 22.0 Å². The van der Waals surface area contributed by atoms with Gasteiger partial charge in [-0.15, -0.1) is 0 Å². The molecule has 3 atom stereocenters. The molecule has 0 heterocycles. The Morgan fingerprint density at radius 1 is 1.47 bits per heavy atom. The van der Waals surface area contributed by atoms with Crippen LogP contribution < -0.4 is 5.32 Å². The highest BCUT2D eigenvalue weighted by molar-refractivity contribution is 7.85. The predicted molar refractivity (Wildman–Crippen MR) is 67.9 cm³/mol. The second-order valence-electron chi connectivity index (χ2n) is 4.44. The van der Waals surface area contributed by atoms with E-state index in [2.05, 4.69) is 12.2 Å². The van der Waals surface area contributed by atoms with Gasteiger partial charge in [-0.3, -0.25) is 4.21 Å². The monoisotopic (exact) mass is 255 g/mol. The molecule has 17 heavy (non-hydrogen) atoms. The maximum absolute atomic E-state index is 13.1. The molecule has 1 fully saturated rings. The van der Waals surface area contributed by atoms with Gasteiger partial charge in [0.1, 0.15) is 5.82 Å². The van der Waals surface area contributed by atoms with Gasteiger partial charge < -0.3 is 5.32 Å². The highest BCUT2D eigenvalue weighted by atomic mass is 32.2. The first-order chi connectivity index (χ1) is 8.20. The maximum atomic E-state index is 13.1. The lowest BCUT2D eigenvalue weighted by Crippen LogP contribution is -2.27. The number of rotatable bonds is 4. The van der Waals surface area contributed by atoms with Gasteiger partial charge in [-0.2, -0.15) is 0 Å². The standard InChI is InChI=1S/C13H18FNOS/c1-2-15-11-6-7-13(9-11)17(16)12-5-3-4-10(14)8-12/h3-5,8,11,13,15H,2,6-7,9H2,1H3. The first kappa shape index (κ1) is 12.7. The minimum absolute atomic E-state index is 0.167. The van der Waals surface area contributed by atoms with Crippen LogP contribution in [0.25, 0.3) is 0 Å². The van der Waals surface area contributed by atoms with Crippen LogP contribution in [0.3, 0.4) is 0 Å². The molecule has 0 amide bonds. The molecule has 0 aromatic heterocycles. The van der Waals surface area contributed by atoms with Gasteiger partial charge in [-0.25, -0.2) is 4.39 Å². The Morgan fingerprint density at radius 2 is 2.29 bits per heavy atom. The fraction of sp³-hybridized carbons (Fsp3) is 0.538. The zero-order chi connectivity index (χ0) is 12.3. The summed E-state index contributed by atoms with van der Waals surface area (Å²) >= 11 is 0. The Balaban J connectivity index is 2.02. The number of hydrogen-bond acceptors (Lipinski definition) is 2. The predicted octanol–water partition coefficient (Wildman–Crippen LogP) is 2.46. The molecular formula is C13H18FNOS. The van der Waals surface area contributed by atoms with Gasteiger partial charge in [0.25, 0.3) is 0 Å². The summed E-state index contributed by atoms with van der Waals surface area (Å²) in [6.45, 7) is 3.03. The third-order valence-corrected chi connectivity index (χ3v) is 4.96. The third kappa shape index (κ3) is 3.13. The molecule has 0 spiro atoms. The number of nitrogens with one attached hydrogen (secondary N) is 1. The molecule has 2 nitrogen and oxygen atoms in total. The zero-order valence-corrected chi connectivity index (χ0v) is 10.8. The SMILES string of the molecule is CCNC1CCC(S(=O)c2cccc(F)c2)C1. The quantitative estimate of drug-likeness (QED) is 0.895. The molecule has 1 saturated carbocycles. The minimum atomic E-state index is -1.07. The molecule has 2 rings (SSSR count). The molecule has 1 N–H and O–H groups in total. The average molecular weight is 255 g/mol. The van der Waals surface area contributed by atoms with Gasteiger partial charge in [0, 0.05) is 16.2 Å². The molecule has 3 unspecified atom stereocenters. The second-order valence-corrected chi connectivity index (χ2v) is 6.18. The highest BCUT2D eigenvalue weighted by Crippen LogP contribution is 2.27. The van der Waals surface area contributed by atoms with Gasteiger partial charge in [0.2, 0.25) is 0 Å². The van der Waals surface area contributed by atoms with Gasteiger partial charge >= 0.3 is 0 Å². The van der Waals surface area contributed by atoms with Gasteiger partial charge in [0.05, 0.1) is 10.8 Å². The van der Waals surface area contributed by atoms with Crippen LogP contribution in [-0.2, 0) is 10.8 Å². The van der Waals surface area contributed by atoms with Crippen LogP contribution in [0.15, 0.2) is 29.2 Å². The summed E-state index contributed by atoms with van der Waals surface area (Å²) in [4.78, 5) is 0.618. The summed E-state index contributed by atoms with van der Waals surface area (Å²) in [6.07, 6.45) is 2.96. The normalized spacial score (nSPS) is 26.0. The Hall–Kier alpha value is -0.740. The van der Waals surface area contributed by atoms with Crippen LogP contribution in [0.4, 0.5) is 4.39 Å². The summed E-state index contributed by atoms with van der Waals surface area (Å²) in [5.41, 5.74) is 0. The molecule has 94 valence electrons. The molecule has 0 radical (unpaired) electrons. The van der Waals surface area contributed by atoms with E-state index in [4.69, 9.17) is 0 Å². The van der Waals surface area contributed by atoms with Crippen molar-refractivity contribution in [2.45, 2.75) is 42.4 Å². The first-order valence-corrected chi connectivity index (χ1v) is 7.31. The van der Waals surface area contributed by atoms with E-state index in [0.717, 1.165) is 25.8 Å². The van der Waals surface area contributed by atoms with Crippen molar-refractivity contribution in [3.63, 3.8) is 0 Å². The van der Waals surface area contributed by atoms with Crippen molar-refractivity contribution in [2.75, 3.05) is 6.54 Å². The maximum Gasteiger partial charge on any atom is 0.124 e. The lowest BCUT2D eigenvalue weighted by Gasteiger charge is -2.12. The topological polar surface area (TPSA) is 29.1 Å². The Labute approximate surface area is 104 Å². The lowest BCUT2D eigenvalue weighted by molar-refractivity contribution is 0.542. The van der Waals surface area contributed by atoms with Crippen LogP contribution >= 0.6 is 0 Å². The fourth-order valence-corrected chi connectivity index (χ4v) is 3.98. The molecular weight excluding hydrogens is 237 g/mol. The van der Waals surface area contributed by atoms with Gasteiger partial charge in [-0.1, -0.05) is 13.0 Å². The summed E-state index contributed by atoms with van der Waals surface area (Å²) < 4.78 is 25.3. The summed E-state index contributed by atoms with van der Waals surface area (Å²) in [5.74, 6) is -0.308. The smallest absolute Gasteiger partial charge is 0.124 e. The summed E-state index contributed by atoms with van der Waals surface area (Å²) in [7, 11) is -1.07. The molecule has 0 bridgehead atoms. The van der Waals surface area contributed by atoms with Crippen molar-refractivity contribution in [3.05, 3.63) is 30.1 Å². The van der Waals surface area contributed by atoms with Crippen LogP contribution in [0, 0.1) is 5.82 Å². The molecule has 1 aromatic carbocycles. The van der Waals surface area contributed by atoms with E-state index >= 15 is 0 Å². The van der Waals surface area contributed by atoms with Crippen molar-refractivity contribution >= 4 is 10.8 Å². The Bertz CT molecular complexity index is 410. The van der Waals surface area contributed by atoms with Crippen molar-refractivity contribution < 1.29 is 8.60 Å². The van der Waals surface area contributed by atoms with Crippen molar-refractivity contribution in [1.82, 2.24) is 5.32 Å². The molecule has 1 aliphatic rings. The van der Waals surface area contributed by atoms with E-state index in [1.807, 2.05) is 0 Å². The van der Waals surface area contributed by atoms with Crippen LogP contribution in [0.1, 0.15) is 26.2 Å². The molecule has 4 heteroatoms. The Kier molecular flexibility index (Phi) is 4.29. The summed E-state index contributed by atoms with van der Waals surface area (Å²) in [6, 6.07) is 6.62. The van der Waals surface area contributed by atoms with Crippen molar-refractivity contribution in [3.8, 4) is 0 Å². The Morgan fingerprint density at radius 3 is 3.00 bits per heavy atom. The fourth-order valence-electron chi connectivity index (χ4n) is 2.39. The van der Waals surface area contributed by atoms with E-state index in [-0.39, 0.29) is 11.1 Å². The van der Waals surface area contributed by atoms with Crippen molar-refractivity contribution in [1.29, 1.82) is 0 Å². The number of hydrogen-bond donors (Lipinski definition) is 1. The van der Waals surface area contributed by atoms with Gasteiger partial charge in [-0.05, 0) is 44.0 Å². The largest absolute Gasteiger partial charge is 0.314 e. The molecule has 1 aliphatic carbocycles. The molecule has 0 saturated heterocycles. The van der Waals surface area contributed by atoms with E-state index in [0.29, 0.717) is 10.9 Å². The molecule has 0 aliphatic heterocycles. The number of benzene rings is 1. The second kappa shape index (κ2) is 5.74. The lowest BCUT2D eigenvalue weighted by atomic mass is 10.2. The minimum Gasteiger partial charge on any atom is -0.314 e. The zero-order valence-electron chi connectivity index (χ0n) is 9.99. The highest BCUT2D eigenvalue weighted by Gasteiger charge is 2.29. The van der Waals surface area contributed by atoms with E-state index in [1.165, 1.54) is 12.1 Å². The van der Waals surface area contributed by atoms with Crippen molar-refractivity contribution in [2.24, 2.45) is 0 Å². The van der Waals surface area contributed by atoms with E-state index in [9.17, 15) is 8.60 Å². The van der Waals surface area contributed by atoms with E-state index < -0.39 is 10.8 Å². The molecule has 1 aromatic rings. The summed E-state index contributed by atoms with van der Waals surface area (Å²) in [5, 5.41) is 3.55. The van der Waals surface area contributed by atoms with Crippen LogP contribution in [0.2, 0.25) is 0 Å². The van der Waals surface area contributed by atoms with E-state index in [1.54, 1.807) is 12.1 Å². The first-order valence-electron chi connectivity index (χ1n) is 6.10. The average Bonchev–Trinajstić information content (AvgIpc) is 2.77. The van der Waals surface area contributed by atoms with Gasteiger partial charge in [0.15, 0.2) is 0 Å². The van der Waals surface area contributed by atoms with Crippen LogP contribution in [0.5, 0.6) is 0 Å².